The minimum atomic E-state index is -0.865. The molecule has 1 atom stereocenters. The Balaban J connectivity index is 1.48. The Morgan fingerprint density at radius 3 is 2.25 bits per heavy atom. The summed E-state index contributed by atoms with van der Waals surface area (Å²) in [4.78, 5) is 15.7. The summed E-state index contributed by atoms with van der Waals surface area (Å²) in [6.45, 7) is 2.86. The van der Waals surface area contributed by atoms with Gasteiger partial charge in [0.25, 0.3) is 0 Å². The van der Waals surface area contributed by atoms with Gasteiger partial charge in [-0.25, -0.2) is 0 Å². The molecule has 0 bridgehead atoms. The Kier molecular flexibility index (Phi) is 5.58. The molecule has 0 aromatic heterocycles. The number of rotatable bonds is 6. The van der Waals surface area contributed by atoms with E-state index >= 15 is 0 Å². The second kappa shape index (κ2) is 8.67. The van der Waals surface area contributed by atoms with Crippen LogP contribution in [0.25, 0.3) is 0 Å². The second-order valence-electron chi connectivity index (χ2n) is 8.67. The average Bonchev–Trinajstić information content (AvgIpc) is 3.29. The fraction of sp³-hybridized carbons (Fsp3) is 0.296. The zero-order chi connectivity index (χ0) is 22.0. The third-order valence-corrected chi connectivity index (χ3v) is 6.81. The molecule has 3 aromatic carbocycles. The van der Waals surface area contributed by atoms with Crippen molar-refractivity contribution in [3.8, 4) is 11.5 Å². The van der Waals surface area contributed by atoms with Crippen LogP contribution in [0.1, 0.15) is 29.5 Å². The first-order valence-corrected chi connectivity index (χ1v) is 11.2. The van der Waals surface area contributed by atoms with Gasteiger partial charge in [-0.05, 0) is 54.1 Å². The lowest BCUT2D eigenvalue weighted by Crippen LogP contribution is -2.53. The van der Waals surface area contributed by atoms with E-state index in [-0.39, 0.29) is 18.6 Å². The molecule has 5 rings (SSSR count). The fourth-order valence-electron chi connectivity index (χ4n) is 5.38. The minimum absolute atomic E-state index is 0.0764. The Morgan fingerprint density at radius 1 is 0.938 bits per heavy atom. The van der Waals surface area contributed by atoms with Crippen LogP contribution in [0.5, 0.6) is 11.5 Å². The topological polar surface area (TPSA) is 64.8 Å². The van der Waals surface area contributed by atoms with Crippen LogP contribution < -0.4 is 15.2 Å². The first-order chi connectivity index (χ1) is 15.7. The summed E-state index contributed by atoms with van der Waals surface area (Å²) < 4.78 is 11.0. The predicted molar refractivity (Wildman–Crippen MR) is 123 cm³/mol. The van der Waals surface area contributed by atoms with Gasteiger partial charge in [-0.3, -0.25) is 9.69 Å². The standard InChI is InChI=1S/C27H28N2O3/c28-26(30)27(21-8-3-1-4-9-21,22-10-5-2-6-11-22)23-12-7-15-29(18-23)17-20-13-14-24-25(16-20)32-19-31-24/h1-6,8-11,13-14,16,23H,7,12,15,17-19H2,(H2,28,30). The summed E-state index contributed by atoms with van der Waals surface area (Å²) in [7, 11) is 0. The van der Waals surface area contributed by atoms with Crippen LogP contribution in [0.3, 0.4) is 0 Å². The molecule has 1 unspecified atom stereocenters. The third-order valence-electron chi connectivity index (χ3n) is 6.81. The lowest BCUT2D eigenvalue weighted by atomic mass is 9.63. The van der Waals surface area contributed by atoms with Crippen LogP contribution in [0.4, 0.5) is 0 Å². The summed E-state index contributed by atoms with van der Waals surface area (Å²) in [6.07, 6.45) is 1.97. The van der Waals surface area contributed by atoms with Crippen LogP contribution in [0.2, 0.25) is 0 Å². The number of likely N-dealkylation sites (tertiary alicyclic amines) is 1. The molecule has 0 saturated carbocycles. The molecular weight excluding hydrogens is 400 g/mol. The van der Waals surface area contributed by atoms with Crippen molar-refractivity contribution >= 4 is 5.91 Å². The number of hydrogen-bond acceptors (Lipinski definition) is 4. The van der Waals surface area contributed by atoms with Gasteiger partial charge in [0.2, 0.25) is 12.7 Å². The molecule has 2 N–H and O–H groups in total. The van der Waals surface area contributed by atoms with E-state index in [0.717, 1.165) is 55.1 Å². The minimum Gasteiger partial charge on any atom is -0.454 e. The normalized spacial score (nSPS) is 18.4. The molecule has 0 aliphatic carbocycles. The smallest absolute Gasteiger partial charge is 0.232 e. The van der Waals surface area contributed by atoms with Crippen molar-refractivity contribution in [2.45, 2.75) is 24.8 Å². The molecule has 5 nitrogen and oxygen atoms in total. The van der Waals surface area contributed by atoms with Crippen LogP contribution in [-0.4, -0.2) is 30.7 Å². The van der Waals surface area contributed by atoms with Gasteiger partial charge in [-0.1, -0.05) is 66.7 Å². The molecule has 3 aromatic rings. The number of amides is 1. The molecule has 1 fully saturated rings. The van der Waals surface area contributed by atoms with Crippen molar-refractivity contribution < 1.29 is 14.3 Å². The number of nitrogens with zero attached hydrogens (tertiary/aromatic N) is 1. The first-order valence-electron chi connectivity index (χ1n) is 11.2. The van der Waals surface area contributed by atoms with E-state index in [1.54, 1.807) is 0 Å². The maximum Gasteiger partial charge on any atom is 0.232 e. The molecule has 1 saturated heterocycles. The van der Waals surface area contributed by atoms with Crippen molar-refractivity contribution in [2.24, 2.45) is 11.7 Å². The highest BCUT2D eigenvalue weighted by molar-refractivity contribution is 5.91. The number of fused-ring (bicyclic) bond motifs is 1. The summed E-state index contributed by atoms with van der Waals surface area (Å²) in [5.41, 5.74) is 8.49. The van der Waals surface area contributed by atoms with E-state index in [1.807, 2.05) is 66.7 Å². The van der Waals surface area contributed by atoms with Gasteiger partial charge < -0.3 is 15.2 Å². The fourth-order valence-corrected chi connectivity index (χ4v) is 5.38. The number of nitrogens with two attached hydrogens (primary N) is 1. The largest absolute Gasteiger partial charge is 0.454 e. The van der Waals surface area contributed by atoms with Gasteiger partial charge >= 0.3 is 0 Å². The SMILES string of the molecule is NC(=O)C(c1ccccc1)(c1ccccc1)C1CCCN(Cc2ccc3c(c2)OCO3)C1. The van der Waals surface area contributed by atoms with Crippen molar-refractivity contribution in [1.82, 2.24) is 4.90 Å². The number of piperidine rings is 1. The van der Waals surface area contributed by atoms with Gasteiger partial charge in [0, 0.05) is 13.1 Å². The van der Waals surface area contributed by atoms with E-state index in [0.29, 0.717) is 0 Å². The van der Waals surface area contributed by atoms with Gasteiger partial charge in [0.15, 0.2) is 11.5 Å². The number of primary amides is 1. The lowest BCUT2D eigenvalue weighted by molar-refractivity contribution is -0.124. The highest BCUT2D eigenvalue weighted by Crippen LogP contribution is 2.43. The molecular formula is C27H28N2O3. The number of hydrogen-bond donors (Lipinski definition) is 1. The van der Waals surface area contributed by atoms with Crippen LogP contribution in [-0.2, 0) is 16.8 Å². The van der Waals surface area contributed by atoms with Crippen molar-refractivity contribution in [3.63, 3.8) is 0 Å². The molecule has 2 aliphatic rings. The zero-order valence-electron chi connectivity index (χ0n) is 18.1. The number of carbonyl (C=O) groups is 1. The third kappa shape index (κ3) is 3.63. The Hall–Kier alpha value is -3.31. The van der Waals surface area contributed by atoms with Crippen molar-refractivity contribution in [1.29, 1.82) is 0 Å². The second-order valence-corrected chi connectivity index (χ2v) is 8.67. The monoisotopic (exact) mass is 428 g/mol. The maximum atomic E-state index is 13.3. The molecule has 0 radical (unpaired) electrons. The van der Waals surface area contributed by atoms with E-state index in [2.05, 4.69) is 17.0 Å². The number of carbonyl (C=O) groups excluding carboxylic acids is 1. The van der Waals surface area contributed by atoms with E-state index in [1.165, 1.54) is 5.56 Å². The quantitative estimate of drug-likeness (QED) is 0.642. The maximum absolute atomic E-state index is 13.3. The molecule has 2 heterocycles. The molecule has 1 amide bonds. The molecule has 5 heteroatoms. The predicted octanol–water partition coefficient (Wildman–Crippen LogP) is 4.10. The summed E-state index contributed by atoms with van der Waals surface area (Å²) in [6, 6.07) is 26.2. The van der Waals surface area contributed by atoms with Crippen molar-refractivity contribution in [2.75, 3.05) is 19.9 Å². The summed E-state index contributed by atoms with van der Waals surface area (Å²) >= 11 is 0. The van der Waals surface area contributed by atoms with Gasteiger partial charge in [-0.15, -0.1) is 0 Å². The van der Waals surface area contributed by atoms with E-state index in [9.17, 15) is 4.79 Å². The molecule has 2 aliphatic heterocycles. The van der Waals surface area contributed by atoms with Gasteiger partial charge in [0.05, 0.1) is 0 Å². The van der Waals surface area contributed by atoms with Gasteiger partial charge in [-0.2, -0.15) is 0 Å². The van der Waals surface area contributed by atoms with Crippen LogP contribution >= 0.6 is 0 Å². The number of benzene rings is 3. The number of ether oxygens (including phenoxy) is 2. The summed E-state index contributed by atoms with van der Waals surface area (Å²) in [5, 5.41) is 0. The average molecular weight is 429 g/mol. The first kappa shape index (κ1) is 20.6. The Morgan fingerprint density at radius 2 is 1.59 bits per heavy atom. The zero-order valence-corrected chi connectivity index (χ0v) is 18.1. The van der Waals surface area contributed by atoms with Gasteiger partial charge in [0.1, 0.15) is 5.41 Å². The molecule has 0 spiro atoms. The molecule has 164 valence electrons. The highest BCUT2D eigenvalue weighted by Gasteiger charge is 2.48. The Bertz CT molecular complexity index is 1050. The van der Waals surface area contributed by atoms with Crippen LogP contribution in [0, 0.1) is 5.92 Å². The highest BCUT2D eigenvalue weighted by atomic mass is 16.7. The van der Waals surface area contributed by atoms with E-state index < -0.39 is 5.41 Å². The molecule has 32 heavy (non-hydrogen) atoms. The van der Waals surface area contributed by atoms with Crippen molar-refractivity contribution in [3.05, 3.63) is 95.6 Å². The van der Waals surface area contributed by atoms with Crippen LogP contribution in [0.15, 0.2) is 78.9 Å². The lowest BCUT2D eigenvalue weighted by Gasteiger charge is -2.44. The Labute approximate surface area is 188 Å². The summed E-state index contributed by atoms with van der Waals surface area (Å²) in [5.74, 6) is 1.39. The van der Waals surface area contributed by atoms with E-state index in [4.69, 9.17) is 15.2 Å².